The zero-order valence-corrected chi connectivity index (χ0v) is 17.9. The van der Waals surface area contributed by atoms with E-state index in [0.29, 0.717) is 29.5 Å². The van der Waals surface area contributed by atoms with Crippen LogP contribution in [-0.2, 0) is 0 Å². The van der Waals surface area contributed by atoms with E-state index in [9.17, 15) is 4.79 Å². The zero-order chi connectivity index (χ0) is 21.6. The van der Waals surface area contributed by atoms with E-state index in [4.69, 9.17) is 25.8 Å². The topological polar surface area (TPSA) is 60.0 Å². The first-order valence-electron chi connectivity index (χ1n) is 10.0. The fourth-order valence-corrected chi connectivity index (χ4v) is 3.68. The van der Waals surface area contributed by atoms with Gasteiger partial charge in [0.1, 0.15) is 30.5 Å². The number of nitrogens with zero attached hydrogens (tertiary/aromatic N) is 1. The molecule has 0 saturated heterocycles. The summed E-state index contributed by atoms with van der Waals surface area (Å²) in [6.07, 6.45) is 0. The fourth-order valence-electron chi connectivity index (χ4n) is 3.42. The first kappa shape index (κ1) is 20.9. The molecule has 0 aromatic heterocycles. The average molecular weight is 439 g/mol. The van der Waals surface area contributed by atoms with Gasteiger partial charge in [0.05, 0.1) is 30.1 Å². The van der Waals surface area contributed by atoms with Crippen molar-refractivity contribution in [3.05, 3.63) is 77.3 Å². The minimum atomic E-state index is -0.102. The Hall–Kier alpha value is -3.38. The van der Waals surface area contributed by atoms with Crippen molar-refractivity contribution in [2.75, 3.05) is 43.6 Å². The summed E-state index contributed by atoms with van der Waals surface area (Å²) in [6, 6.07) is 20.5. The number of benzene rings is 3. The van der Waals surface area contributed by atoms with E-state index in [-0.39, 0.29) is 5.91 Å². The van der Waals surface area contributed by atoms with E-state index in [1.54, 1.807) is 30.2 Å². The molecule has 0 fully saturated rings. The summed E-state index contributed by atoms with van der Waals surface area (Å²) in [7, 11) is 1.54. The minimum absolute atomic E-state index is 0.102. The largest absolute Gasteiger partial charge is 0.495 e. The number of halogens is 1. The van der Waals surface area contributed by atoms with Crippen LogP contribution >= 0.6 is 11.6 Å². The number of amides is 1. The first-order valence-corrected chi connectivity index (χ1v) is 10.4. The van der Waals surface area contributed by atoms with Crippen molar-refractivity contribution in [3.63, 3.8) is 0 Å². The Morgan fingerprint density at radius 2 is 1.74 bits per heavy atom. The van der Waals surface area contributed by atoms with Crippen LogP contribution in [0.5, 0.6) is 17.2 Å². The molecule has 0 bridgehead atoms. The highest BCUT2D eigenvalue weighted by molar-refractivity contribution is 6.32. The molecule has 0 saturated carbocycles. The van der Waals surface area contributed by atoms with Crippen LogP contribution in [0.4, 0.5) is 11.4 Å². The summed E-state index contributed by atoms with van der Waals surface area (Å²) < 4.78 is 16.0. The molecule has 160 valence electrons. The number of para-hydroxylation sites is 4. The number of hydrogen-bond donors (Lipinski definition) is 1. The second-order valence-corrected chi connectivity index (χ2v) is 7.30. The van der Waals surface area contributed by atoms with Gasteiger partial charge in [-0.3, -0.25) is 4.79 Å². The van der Waals surface area contributed by atoms with Crippen molar-refractivity contribution in [1.82, 2.24) is 0 Å². The lowest BCUT2D eigenvalue weighted by Crippen LogP contribution is -2.37. The number of fused-ring (bicyclic) bond motifs is 2. The number of rotatable bonds is 2. The van der Waals surface area contributed by atoms with E-state index in [0.717, 1.165) is 36.0 Å². The van der Waals surface area contributed by atoms with Gasteiger partial charge < -0.3 is 24.4 Å². The van der Waals surface area contributed by atoms with Crippen LogP contribution in [0.15, 0.2) is 66.7 Å². The molecule has 2 aliphatic rings. The van der Waals surface area contributed by atoms with Crippen molar-refractivity contribution < 1.29 is 19.0 Å². The second-order valence-electron chi connectivity index (χ2n) is 6.89. The molecule has 1 N–H and O–H groups in total. The maximum absolute atomic E-state index is 12.7. The highest BCUT2D eigenvalue weighted by atomic mass is 35.5. The molecule has 0 spiro atoms. The predicted molar refractivity (Wildman–Crippen MR) is 122 cm³/mol. The third-order valence-electron chi connectivity index (χ3n) is 4.93. The lowest BCUT2D eigenvalue weighted by atomic mass is 10.1. The van der Waals surface area contributed by atoms with Crippen molar-refractivity contribution in [3.8, 4) is 17.2 Å². The van der Waals surface area contributed by atoms with Crippen molar-refractivity contribution in [1.29, 1.82) is 0 Å². The molecule has 3 aromatic rings. The number of nitrogens with one attached hydrogen (secondary N) is 1. The normalized spacial score (nSPS) is 13.8. The van der Waals surface area contributed by atoms with Gasteiger partial charge >= 0.3 is 0 Å². The van der Waals surface area contributed by atoms with Gasteiger partial charge in [0.15, 0.2) is 0 Å². The first-order chi connectivity index (χ1) is 15.2. The maximum atomic E-state index is 12.7. The zero-order valence-electron chi connectivity index (χ0n) is 17.1. The van der Waals surface area contributed by atoms with E-state index in [1.165, 1.54) is 0 Å². The lowest BCUT2D eigenvalue weighted by Gasteiger charge is -2.29. The van der Waals surface area contributed by atoms with Crippen LogP contribution < -0.4 is 24.4 Å². The fraction of sp³-hybridized carbons (Fsp3) is 0.208. The van der Waals surface area contributed by atoms with Crippen molar-refractivity contribution in [2.24, 2.45) is 0 Å². The number of carbonyl (C=O) groups is 1. The van der Waals surface area contributed by atoms with Gasteiger partial charge in [-0.1, -0.05) is 35.9 Å². The molecule has 7 heteroatoms. The second kappa shape index (κ2) is 9.62. The van der Waals surface area contributed by atoms with E-state index < -0.39 is 0 Å². The van der Waals surface area contributed by atoms with Crippen LogP contribution in [-0.4, -0.2) is 39.3 Å². The molecular formula is C24H23ClN2O4. The Morgan fingerprint density at radius 3 is 2.52 bits per heavy atom. The SMILES string of the molecule is COc1ccc(C(=O)N2CCOc3ccccc32)cc1Cl.c1ccc2c(c1)NCCO2. The van der Waals surface area contributed by atoms with E-state index in [2.05, 4.69) is 5.32 Å². The maximum Gasteiger partial charge on any atom is 0.258 e. The Morgan fingerprint density at radius 1 is 1.00 bits per heavy atom. The van der Waals surface area contributed by atoms with E-state index >= 15 is 0 Å². The molecule has 0 radical (unpaired) electrons. The highest BCUT2D eigenvalue weighted by Crippen LogP contribution is 2.33. The van der Waals surface area contributed by atoms with Crippen LogP contribution in [0.3, 0.4) is 0 Å². The minimum Gasteiger partial charge on any atom is -0.495 e. The number of ether oxygens (including phenoxy) is 3. The molecule has 2 heterocycles. The Kier molecular flexibility index (Phi) is 6.48. The van der Waals surface area contributed by atoms with Gasteiger partial charge in [0, 0.05) is 12.1 Å². The van der Waals surface area contributed by atoms with Crippen LogP contribution in [0.2, 0.25) is 5.02 Å². The summed E-state index contributed by atoms with van der Waals surface area (Å²) in [5.74, 6) is 2.14. The number of methoxy groups -OCH3 is 1. The summed E-state index contributed by atoms with van der Waals surface area (Å²) in [4.78, 5) is 14.4. The Bertz CT molecular complexity index is 1050. The van der Waals surface area contributed by atoms with Gasteiger partial charge in [-0.2, -0.15) is 0 Å². The molecule has 2 aliphatic heterocycles. The summed E-state index contributed by atoms with van der Waals surface area (Å²) >= 11 is 6.09. The van der Waals surface area contributed by atoms with Crippen LogP contribution in [0.1, 0.15) is 10.4 Å². The molecule has 6 nitrogen and oxygen atoms in total. The van der Waals surface area contributed by atoms with Crippen molar-refractivity contribution >= 4 is 28.9 Å². The molecule has 3 aromatic carbocycles. The quantitative estimate of drug-likeness (QED) is 0.618. The third kappa shape index (κ3) is 4.70. The van der Waals surface area contributed by atoms with Gasteiger partial charge in [-0.15, -0.1) is 0 Å². The number of hydrogen-bond acceptors (Lipinski definition) is 5. The third-order valence-corrected chi connectivity index (χ3v) is 5.23. The molecule has 1 amide bonds. The molecule has 0 aliphatic carbocycles. The molecule has 0 unspecified atom stereocenters. The van der Waals surface area contributed by atoms with Crippen LogP contribution in [0, 0.1) is 0 Å². The van der Waals surface area contributed by atoms with Gasteiger partial charge in [0.2, 0.25) is 0 Å². The number of carbonyl (C=O) groups excluding carboxylic acids is 1. The molecule has 5 rings (SSSR count). The smallest absolute Gasteiger partial charge is 0.258 e. The summed E-state index contributed by atoms with van der Waals surface area (Å²) in [5.41, 5.74) is 2.41. The monoisotopic (exact) mass is 438 g/mol. The van der Waals surface area contributed by atoms with Gasteiger partial charge in [-0.25, -0.2) is 0 Å². The average Bonchev–Trinajstić information content (AvgIpc) is 2.83. The molecule has 31 heavy (non-hydrogen) atoms. The predicted octanol–water partition coefficient (Wildman–Crippen LogP) is 4.88. The standard InChI is InChI=1S/C16H14ClNO3.C8H9NO/c1-20-14-7-6-11(10-12(14)17)16(19)18-8-9-21-15-5-3-2-4-13(15)18;1-2-4-8-7(3-1)9-5-6-10-8/h2-7,10H,8-9H2,1H3;1-4,9H,5-6H2. The highest BCUT2D eigenvalue weighted by Gasteiger charge is 2.24. The molecule has 0 atom stereocenters. The van der Waals surface area contributed by atoms with Crippen LogP contribution in [0.25, 0.3) is 0 Å². The Balaban J connectivity index is 0.000000192. The van der Waals surface area contributed by atoms with Crippen molar-refractivity contribution in [2.45, 2.75) is 0 Å². The number of anilines is 2. The lowest BCUT2D eigenvalue weighted by molar-refractivity contribution is 0.0976. The van der Waals surface area contributed by atoms with Gasteiger partial charge in [-0.05, 0) is 42.5 Å². The summed E-state index contributed by atoms with van der Waals surface area (Å²) in [6.45, 7) is 2.68. The Labute approximate surface area is 186 Å². The van der Waals surface area contributed by atoms with E-state index in [1.807, 2.05) is 48.5 Å². The summed E-state index contributed by atoms with van der Waals surface area (Å²) in [5, 5.41) is 3.66. The van der Waals surface area contributed by atoms with Gasteiger partial charge in [0.25, 0.3) is 5.91 Å². The molecular weight excluding hydrogens is 416 g/mol.